The Bertz CT molecular complexity index is 1650. The van der Waals surface area contributed by atoms with E-state index in [4.69, 9.17) is 11.6 Å². The molecule has 0 spiro atoms. The third-order valence-electron chi connectivity index (χ3n) is 9.47. The number of nitrogens with zero attached hydrogens (tertiary/aromatic N) is 4. The van der Waals surface area contributed by atoms with Gasteiger partial charge in [-0.3, -0.25) is 9.48 Å². The smallest absolute Gasteiger partial charge is 0.241 e. The first-order valence-electron chi connectivity index (χ1n) is 15.2. The second-order valence-corrected chi connectivity index (χ2v) is 14.3. The largest absolute Gasteiger partial charge is 0.341 e. The second kappa shape index (κ2) is 12.8. The topological polar surface area (TPSA) is 97.2 Å². The van der Waals surface area contributed by atoms with E-state index in [0.29, 0.717) is 24.0 Å². The average molecular weight is 620 g/mol. The van der Waals surface area contributed by atoms with E-state index in [1.165, 1.54) is 32.1 Å². The summed E-state index contributed by atoms with van der Waals surface area (Å²) in [4.78, 5) is 20.3. The van der Waals surface area contributed by atoms with E-state index in [2.05, 4.69) is 14.8 Å². The molecule has 1 aliphatic carbocycles. The van der Waals surface area contributed by atoms with Gasteiger partial charge in [0.15, 0.2) is 0 Å². The van der Waals surface area contributed by atoms with Crippen molar-refractivity contribution < 1.29 is 13.2 Å². The zero-order chi connectivity index (χ0) is 29.9. The number of hydrogen-bond donors (Lipinski definition) is 1. The van der Waals surface area contributed by atoms with Gasteiger partial charge in [-0.2, -0.15) is 9.82 Å². The van der Waals surface area contributed by atoms with Crippen molar-refractivity contribution in [1.29, 1.82) is 0 Å². The molecule has 3 aromatic carbocycles. The number of nitrogens with one attached hydrogen (secondary N) is 1. The summed E-state index contributed by atoms with van der Waals surface area (Å²) >= 11 is 6.11. The van der Waals surface area contributed by atoms with E-state index in [9.17, 15) is 13.2 Å². The molecule has 0 bridgehead atoms. The van der Waals surface area contributed by atoms with Crippen molar-refractivity contribution in [3.8, 4) is 0 Å². The van der Waals surface area contributed by atoms with E-state index < -0.39 is 16.1 Å². The third kappa shape index (κ3) is 6.79. The highest BCUT2D eigenvalue weighted by Crippen LogP contribution is 2.47. The van der Waals surface area contributed by atoms with Gasteiger partial charge in [0.05, 0.1) is 4.90 Å². The number of piperidine rings is 1. The SMILES string of the molecule is O=C([C@@H](Cc1ccc(Cl)cc1)NS(=O)(=O)c1ccc2ccccc2c1)N1CCC(Cn2cncn2)(C2CCCCC2)CC1. The number of likely N-dealkylation sites (tertiary alicyclic amines) is 1. The molecule has 1 aromatic heterocycles. The van der Waals surface area contributed by atoms with Gasteiger partial charge in [0.2, 0.25) is 15.9 Å². The first kappa shape index (κ1) is 29.8. The van der Waals surface area contributed by atoms with E-state index in [1.54, 1.807) is 43.0 Å². The lowest BCUT2D eigenvalue weighted by atomic mass is 9.63. The van der Waals surface area contributed by atoms with E-state index >= 15 is 0 Å². The molecule has 1 atom stereocenters. The van der Waals surface area contributed by atoms with Gasteiger partial charge >= 0.3 is 0 Å². The van der Waals surface area contributed by atoms with Crippen LogP contribution in [0.4, 0.5) is 0 Å². The van der Waals surface area contributed by atoms with Crippen LogP contribution in [-0.4, -0.2) is 53.1 Å². The Morgan fingerprint density at radius 2 is 1.70 bits per heavy atom. The molecule has 43 heavy (non-hydrogen) atoms. The fraction of sp³-hybridized carbons (Fsp3) is 0.424. The second-order valence-electron chi connectivity index (χ2n) is 12.1. The van der Waals surface area contributed by atoms with Gasteiger partial charge in [-0.1, -0.05) is 73.3 Å². The lowest BCUT2D eigenvalue weighted by molar-refractivity contribution is -0.136. The number of rotatable bonds is 9. The lowest BCUT2D eigenvalue weighted by Gasteiger charge is -2.48. The number of amides is 1. The average Bonchev–Trinajstić information content (AvgIpc) is 3.55. The summed E-state index contributed by atoms with van der Waals surface area (Å²) in [6.07, 6.45) is 11.5. The zero-order valence-corrected chi connectivity index (χ0v) is 25.8. The molecular formula is C33H38ClN5O3S. The van der Waals surface area contributed by atoms with Crippen molar-refractivity contribution in [2.75, 3.05) is 13.1 Å². The van der Waals surface area contributed by atoms with Crippen molar-refractivity contribution in [3.05, 3.63) is 90.0 Å². The van der Waals surface area contributed by atoms with Crippen molar-refractivity contribution in [2.24, 2.45) is 11.3 Å². The van der Waals surface area contributed by atoms with Gasteiger partial charge in [-0.05, 0) is 84.0 Å². The summed E-state index contributed by atoms with van der Waals surface area (Å²) < 4.78 is 32.1. The Labute approximate surface area is 258 Å². The molecule has 226 valence electrons. The fourth-order valence-corrected chi connectivity index (χ4v) is 8.42. The summed E-state index contributed by atoms with van der Waals surface area (Å²) in [5, 5.41) is 6.78. The molecule has 8 nitrogen and oxygen atoms in total. The van der Waals surface area contributed by atoms with Crippen molar-refractivity contribution in [3.63, 3.8) is 0 Å². The molecule has 1 amide bonds. The molecule has 6 rings (SSSR count). The standard InChI is InChI=1S/C33H38ClN5O3S/c34-29-13-10-25(11-14-29)20-31(37-43(41,42)30-15-12-26-6-4-5-7-27(26)21-30)32(40)38-18-16-33(17-19-38,22-39-24-35-23-36-39)28-8-2-1-3-9-28/h4-7,10-15,21,23-24,28,31,37H,1-3,8-9,16-20,22H2/t31-/m1/s1. The number of aromatic nitrogens is 3. The van der Waals surface area contributed by atoms with E-state index in [-0.39, 0.29) is 22.6 Å². The Balaban J connectivity index is 1.23. The first-order valence-corrected chi connectivity index (χ1v) is 17.0. The number of hydrogen-bond acceptors (Lipinski definition) is 5. The van der Waals surface area contributed by atoms with Crippen molar-refractivity contribution in [1.82, 2.24) is 24.4 Å². The maximum absolute atomic E-state index is 14.1. The van der Waals surface area contributed by atoms with Gasteiger partial charge < -0.3 is 4.90 Å². The Morgan fingerprint density at radius 1 is 0.977 bits per heavy atom. The molecule has 1 aliphatic heterocycles. The molecule has 10 heteroatoms. The third-order valence-corrected chi connectivity index (χ3v) is 11.2. The molecule has 2 heterocycles. The normalized spacial score (nSPS) is 18.5. The Morgan fingerprint density at radius 3 is 2.40 bits per heavy atom. The number of carbonyl (C=O) groups is 1. The van der Waals surface area contributed by atoms with Gasteiger partial charge in [0.25, 0.3) is 0 Å². The molecule has 1 N–H and O–H groups in total. The maximum atomic E-state index is 14.1. The molecular weight excluding hydrogens is 582 g/mol. The molecule has 1 saturated heterocycles. The first-order chi connectivity index (χ1) is 20.8. The Hall–Kier alpha value is -3.27. The van der Waals surface area contributed by atoms with Gasteiger partial charge in [0.1, 0.15) is 18.7 Å². The van der Waals surface area contributed by atoms with Crippen molar-refractivity contribution >= 4 is 38.3 Å². The van der Waals surface area contributed by atoms with Gasteiger partial charge in [-0.25, -0.2) is 13.4 Å². The van der Waals surface area contributed by atoms with Gasteiger partial charge in [0, 0.05) is 24.7 Å². The minimum atomic E-state index is -3.98. The van der Waals surface area contributed by atoms with Crippen LogP contribution in [0.2, 0.25) is 5.02 Å². The summed E-state index contributed by atoms with van der Waals surface area (Å²) in [5.74, 6) is 0.385. The number of sulfonamides is 1. The predicted molar refractivity (Wildman–Crippen MR) is 168 cm³/mol. The molecule has 2 fully saturated rings. The molecule has 0 radical (unpaired) electrons. The number of carbonyl (C=O) groups excluding carboxylic acids is 1. The van der Waals surface area contributed by atoms with Crippen LogP contribution in [0.3, 0.4) is 0 Å². The summed E-state index contributed by atoms with van der Waals surface area (Å²) in [5.41, 5.74) is 0.880. The summed E-state index contributed by atoms with van der Waals surface area (Å²) in [7, 11) is -3.98. The summed E-state index contributed by atoms with van der Waals surface area (Å²) in [6, 6.07) is 18.9. The van der Waals surface area contributed by atoms with Crippen LogP contribution < -0.4 is 4.72 Å². The lowest BCUT2D eigenvalue weighted by Crippen LogP contribution is -2.54. The van der Waals surface area contributed by atoms with Crippen LogP contribution >= 0.6 is 11.6 Å². The van der Waals surface area contributed by atoms with Gasteiger partial charge in [-0.15, -0.1) is 0 Å². The quantitative estimate of drug-likeness (QED) is 0.253. The maximum Gasteiger partial charge on any atom is 0.241 e. The highest BCUT2D eigenvalue weighted by Gasteiger charge is 2.44. The highest BCUT2D eigenvalue weighted by molar-refractivity contribution is 7.89. The van der Waals surface area contributed by atoms with Crippen LogP contribution in [0.5, 0.6) is 0 Å². The van der Waals surface area contributed by atoms with Crippen LogP contribution in [0.15, 0.2) is 84.3 Å². The molecule has 4 aromatic rings. The predicted octanol–water partition coefficient (Wildman–Crippen LogP) is 5.86. The number of fused-ring (bicyclic) bond motifs is 1. The highest BCUT2D eigenvalue weighted by atomic mass is 35.5. The molecule has 2 aliphatic rings. The zero-order valence-electron chi connectivity index (χ0n) is 24.2. The minimum absolute atomic E-state index is 0.0428. The molecule has 0 unspecified atom stereocenters. The number of halogens is 1. The van der Waals surface area contributed by atoms with Crippen LogP contribution in [0, 0.1) is 11.3 Å². The van der Waals surface area contributed by atoms with E-state index in [0.717, 1.165) is 35.7 Å². The van der Waals surface area contributed by atoms with Crippen LogP contribution in [-0.2, 0) is 27.8 Å². The van der Waals surface area contributed by atoms with Crippen LogP contribution in [0.25, 0.3) is 10.8 Å². The summed E-state index contributed by atoms with van der Waals surface area (Å²) in [6.45, 7) is 1.96. The van der Waals surface area contributed by atoms with Crippen LogP contribution in [0.1, 0.15) is 50.5 Å². The van der Waals surface area contributed by atoms with Crippen molar-refractivity contribution in [2.45, 2.75) is 68.8 Å². The molecule has 1 saturated carbocycles. The monoisotopic (exact) mass is 619 g/mol. The minimum Gasteiger partial charge on any atom is -0.341 e. The van der Waals surface area contributed by atoms with E-state index in [1.807, 2.05) is 46.0 Å². The fourth-order valence-electron chi connectivity index (χ4n) is 7.07. The Kier molecular flexibility index (Phi) is 8.84. The number of benzene rings is 3.